The number of aromatic nitrogens is 1. The number of benzene rings is 1. The molecule has 94 valence electrons. The molecule has 0 spiro atoms. The Morgan fingerprint density at radius 3 is 2.89 bits per heavy atom. The van der Waals surface area contributed by atoms with E-state index >= 15 is 0 Å². The van der Waals surface area contributed by atoms with Crippen molar-refractivity contribution in [1.82, 2.24) is 4.98 Å². The lowest BCUT2D eigenvalue weighted by molar-refractivity contribution is 0.826. The van der Waals surface area contributed by atoms with Gasteiger partial charge in [0.15, 0.2) is 0 Å². The fourth-order valence-electron chi connectivity index (χ4n) is 2.57. The van der Waals surface area contributed by atoms with Crippen LogP contribution in [0.1, 0.15) is 44.7 Å². The summed E-state index contributed by atoms with van der Waals surface area (Å²) < 4.78 is 0. The predicted molar refractivity (Wildman–Crippen MR) is 76.1 cm³/mol. The van der Waals surface area contributed by atoms with Gasteiger partial charge < -0.3 is 5.73 Å². The van der Waals surface area contributed by atoms with Crippen molar-refractivity contribution in [3.63, 3.8) is 0 Å². The summed E-state index contributed by atoms with van der Waals surface area (Å²) >= 11 is 1.80. The van der Waals surface area contributed by atoms with Crippen LogP contribution in [0, 0.1) is 13.8 Å². The molecule has 0 amide bonds. The smallest absolute Gasteiger partial charge is 0.114 e. The normalized spacial score (nSPS) is 15.7. The van der Waals surface area contributed by atoms with E-state index in [1.54, 1.807) is 11.3 Å². The first-order valence-corrected chi connectivity index (χ1v) is 7.28. The van der Waals surface area contributed by atoms with Gasteiger partial charge in [-0.2, -0.15) is 0 Å². The van der Waals surface area contributed by atoms with Crippen molar-refractivity contribution in [2.24, 2.45) is 5.73 Å². The molecule has 1 aliphatic rings. The van der Waals surface area contributed by atoms with Gasteiger partial charge >= 0.3 is 0 Å². The summed E-state index contributed by atoms with van der Waals surface area (Å²) in [7, 11) is 0. The molecule has 3 rings (SSSR count). The molecule has 3 heteroatoms. The van der Waals surface area contributed by atoms with E-state index < -0.39 is 0 Å². The zero-order valence-electron chi connectivity index (χ0n) is 10.9. The van der Waals surface area contributed by atoms with Gasteiger partial charge in [-0.1, -0.05) is 23.8 Å². The highest BCUT2D eigenvalue weighted by Gasteiger charge is 2.21. The molecular formula is C15H18N2S. The maximum absolute atomic E-state index is 6.39. The number of aryl methyl sites for hydroxylation is 4. The van der Waals surface area contributed by atoms with E-state index in [0.717, 1.165) is 11.4 Å². The third-order valence-corrected chi connectivity index (χ3v) is 4.89. The van der Waals surface area contributed by atoms with Crippen molar-refractivity contribution < 1.29 is 0 Å². The molecule has 0 radical (unpaired) electrons. The Kier molecular flexibility index (Phi) is 2.96. The number of hydrogen-bond donors (Lipinski definition) is 1. The molecule has 1 aromatic carbocycles. The second-order valence-corrected chi connectivity index (χ2v) is 6.23. The van der Waals surface area contributed by atoms with E-state index in [-0.39, 0.29) is 6.04 Å². The fraction of sp³-hybridized carbons (Fsp3) is 0.400. The van der Waals surface area contributed by atoms with Gasteiger partial charge in [-0.15, -0.1) is 11.3 Å². The fourth-order valence-corrected chi connectivity index (χ4v) is 3.75. The lowest BCUT2D eigenvalue weighted by Crippen LogP contribution is -2.13. The number of thiazole rings is 1. The molecule has 2 nitrogen and oxygen atoms in total. The average Bonchev–Trinajstić information content (AvgIpc) is 2.91. The molecule has 1 heterocycles. The van der Waals surface area contributed by atoms with Crippen LogP contribution < -0.4 is 5.73 Å². The Balaban J connectivity index is 1.98. The second kappa shape index (κ2) is 4.48. The molecule has 1 atom stereocenters. The van der Waals surface area contributed by atoms with Crippen LogP contribution in [0.15, 0.2) is 18.2 Å². The monoisotopic (exact) mass is 258 g/mol. The van der Waals surface area contributed by atoms with E-state index in [1.807, 2.05) is 0 Å². The van der Waals surface area contributed by atoms with Gasteiger partial charge in [0, 0.05) is 4.88 Å². The minimum absolute atomic E-state index is 0.0690. The van der Waals surface area contributed by atoms with Gasteiger partial charge in [0.05, 0.1) is 11.7 Å². The highest BCUT2D eigenvalue weighted by atomic mass is 32.1. The topological polar surface area (TPSA) is 38.9 Å². The lowest BCUT2D eigenvalue weighted by atomic mass is 10.00. The van der Waals surface area contributed by atoms with Crippen LogP contribution >= 0.6 is 11.3 Å². The van der Waals surface area contributed by atoms with Crippen LogP contribution in [0.2, 0.25) is 0 Å². The highest BCUT2D eigenvalue weighted by Crippen LogP contribution is 2.33. The van der Waals surface area contributed by atoms with Gasteiger partial charge in [0.25, 0.3) is 0 Å². The average molecular weight is 258 g/mol. The maximum Gasteiger partial charge on any atom is 0.114 e. The van der Waals surface area contributed by atoms with Crippen LogP contribution in [-0.2, 0) is 12.8 Å². The van der Waals surface area contributed by atoms with Crippen LogP contribution in [-0.4, -0.2) is 4.98 Å². The van der Waals surface area contributed by atoms with Gasteiger partial charge in [-0.05, 0) is 44.2 Å². The predicted octanol–water partition coefficient (Wildman–Crippen LogP) is 3.30. The first kappa shape index (κ1) is 11.9. The van der Waals surface area contributed by atoms with Gasteiger partial charge in [-0.3, -0.25) is 0 Å². The minimum Gasteiger partial charge on any atom is -0.318 e. The second-order valence-electron chi connectivity index (χ2n) is 5.11. The van der Waals surface area contributed by atoms with Crippen molar-refractivity contribution in [1.29, 1.82) is 0 Å². The number of rotatable bonds is 2. The molecular weight excluding hydrogens is 240 g/mol. The third-order valence-electron chi connectivity index (χ3n) is 3.65. The molecule has 1 unspecified atom stereocenters. The van der Waals surface area contributed by atoms with Crippen LogP contribution in [0.4, 0.5) is 0 Å². The Labute approximate surface area is 112 Å². The molecule has 1 aliphatic carbocycles. The first-order chi connectivity index (χ1) is 8.65. The quantitative estimate of drug-likeness (QED) is 0.897. The maximum atomic E-state index is 6.39. The number of hydrogen-bond acceptors (Lipinski definition) is 3. The zero-order valence-corrected chi connectivity index (χ0v) is 11.7. The van der Waals surface area contributed by atoms with E-state index in [1.165, 1.54) is 40.1 Å². The highest BCUT2D eigenvalue weighted by molar-refractivity contribution is 7.11. The van der Waals surface area contributed by atoms with Crippen LogP contribution in [0.3, 0.4) is 0 Å². The molecule has 2 aromatic rings. The van der Waals surface area contributed by atoms with Gasteiger partial charge in [0.2, 0.25) is 0 Å². The summed E-state index contributed by atoms with van der Waals surface area (Å²) in [5.41, 5.74) is 11.4. The van der Waals surface area contributed by atoms with Crippen molar-refractivity contribution in [2.45, 2.75) is 39.2 Å². The molecule has 0 fully saturated rings. The Bertz CT molecular complexity index is 565. The first-order valence-electron chi connectivity index (χ1n) is 6.46. The summed E-state index contributed by atoms with van der Waals surface area (Å²) in [6, 6.07) is 6.40. The summed E-state index contributed by atoms with van der Waals surface area (Å²) in [5, 5.41) is 1.08. The van der Waals surface area contributed by atoms with Crippen molar-refractivity contribution in [3.8, 4) is 0 Å². The molecule has 0 bridgehead atoms. The molecule has 1 aromatic heterocycles. The Morgan fingerprint density at radius 1 is 1.28 bits per heavy atom. The van der Waals surface area contributed by atoms with E-state index in [2.05, 4.69) is 32.0 Å². The molecule has 0 aliphatic heterocycles. The zero-order chi connectivity index (χ0) is 12.7. The summed E-state index contributed by atoms with van der Waals surface area (Å²) in [4.78, 5) is 6.18. The SMILES string of the molecule is Cc1ccc(C)c(C(N)c2nc3c(s2)CCC3)c1. The molecule has 0 saturated heterocycles. The van der Waals surface area contributed by atoms with Crippen molar-refractivity contribution in [3.05, 3.63) is 50.5 Å². The minimum atomic E-state index is -0.0690. The Morgan fingerprint density at radius 2 is 2.11 bits per heavy atom. The van der Waals surface area contributed by atoms with Crippen LogP contribution in [0.25, 0.3) is 0 Å². The molecule has 0 saturated carbocycles. The van der Waals surface area contributed by atoms with Crippen LogP contribution in [0.5, 0.6) is 0 Å². The van der Waals surface area contributed by atoms with Gasteiger partial charge in [0.1, 0.15) is 5.01 Å². The van der Waals surface area contributed by atoms with Crippen molar-refractivity contribution in [2.75, 3.05) is 0 Å². The van der Waals surface area contributed by atoms with E-state index in [4.69, 9.17) is 10.7 Å². The lowest BCUT2D eigenvalue weighted by Gasteiger charge is -2.13. The number of nitrogens with two attached hydrogens (primary N) is 1. The molecule has 2 N–H and O–H groups in total. The number of nitrogens with zero attached hydrogens (tertiary/aromatic N) is 1. The summed E-state index contributed by atoms with van der Waals surface area (Å²) in [6.07, 6.45) is 3.57. The summed E-state index contributed by atoms with van der Waals surface area (Å²) in [6.45, 7) is 4.23. The number of fused-ring (bicyclic) bond motifs is 1. The van der Waals surface area contributed by atoms with E-state index in [9.17, 15) is 0 Å². The largest absolute Gasteiger partial charge is 0.318 e. The molecule has 18 heavy (non-hydrogen) atoms. The standard InChI is InChI=1S/C15H18N2S/c1-9-6-7-10(2)11(8-9)14(16)15-17-12-4-3-5-13(12)18-15/h6-8,14H,3-5,16H2,1-2H3. The third kappa shape index (κ3) is 1.98. The Hall–Kier alpha value is -1.19. The van der Waals surface area contributed by atoms with E-state index in [0.29, 0.717) is 0 Å². The summed E-state index contributed by atoms with van der Waals surface area (Å²) in [5.74, 6) is 0. The van der Waals surface area contributed by atoms with Gasteiger partial charge in [-0.25, -0.2) is 4.98 Å². The van der Waals surface area contributed by atoms with Crippen molar-refractivity contribution >= 4 is 11.3 Å².